The second-order valence-corrected chi connectivity index (χ2v) is 7.64. The third kappa shape index (κ3) is 2.27. The van der Waals surface area contributed by atoms with Crippen molar-refractivity contribution in [3.8, 4) is 0 Å². The Kier molecular flexibility index (Phi) is 3.70. The molecular weight excluding hydrogens is 344 g/mol. The minimum Gasteiger partial charge on any atom is -0.294 e. The summed E-state index contributed by atoms with van der Waals surface area (Å²) in [5.41, 5.74) is 7.88. The Labute approximate surface area is 163 Å². The molecule has 3 aromatic carbocycles. The first-order valence-corrected chi connectivity index (χ1v) is 9.64. The molecule has 5 rings (SSSR count). The van der Waals surface area contributed by atoms with Crippen LogP contribution in [0.1, 0.15) is 33.4 Å². The van der Waals surface area contributed by atoms with Crippen LogP contribution in [-0.4, -0.2) is 11.6 Å². The zero-order chi connectivity index (χ0) is 19.4. The summed E-state index contributed by atoms with van der Waals surface area (Å²) in [5, 5.41) is 2.10. The van der Waals surface area contributed by atoms with E-state index in [0.717, 1.165) is 55.0 Å². The molecule has 3 aromatic rings. The first-order valence-electron chi connectivity index (χ1n) is 9.64. The third-order valence-corrected chi connectivity index (χ3v) is 6.12. The van der Waals surface area contributed by atoms with E-state index in [9.17, 15) is 9.59 Å². The van der Waals surface area contributed by atoms with Gasteiger partial charge in [0.2, 0.25) is 0 Å². The highest BCUT2D eigenvalue weighted by Crippen LogP contribution is 2.27. The topological polar surface area (TPSA) is 34.1 Å². The van der Waals surface area contributed by atoms with Crippen LogP contribution in [0.3, 0.4) is 0 Å². The van der Waals surface area contributed by atoms with Crippen molar-refractivity contribution in [2.75, 3.05) is 0 Å². The van der Waals surface area contributed by atoms with Crippen LogP contribution in [0.2, 0.25) is 0 Å². The molecule has 0 amide bonds. The fraction of sp³-hybridized carbons (Fsp3) is 0.154. The lowest BCUT2D eigenvalue weighted by Crippen LogP contribution is -2.25. The van der Waals surface area contributed by atoms with E-state index in [1.165, 1.54) is 0 Å². The maximum atomic E-state index is 13.0. The van der Waals surface area contributed by atoms with Gasteiger partial charge in [-0.1, -0.05) is 60.7 Å². The summed E-state index contributed by atoms with van der Waals surface area (Å²) in [6.45, 7) is 4.14. The van der Waals surface area contributed by atoms with Crippen molar-refractivity contribution < 1.29 is 9.59 Å². The largest absolute Gasteiger partial charge is 0.294 e. The Morgan fingerprint density at radius 3 is 1.29 bits per heavy atom. The Balaban J connectivity index is 1.93. The Morgan fingerprint density at radius 1 is 0.571 bits per heavy atom. The van der Waals surface area contributed by atoms with Crippen molar-refractivity contribution in [1.29, 1.82) is 0 Å². The average Bonchev–Trinajstić information content (AvgIpc) is 3.25. The predicted octanol–water partition coefficient (Wildman–Crippen LogP) is 2.95. The van der Waals surface area contributed by atoms with Crippen LogP contribution in [0.4, 0.5) is 0 Å². The zero-order valence-corrected chi connectivity index (χ0v) is 16.0. The number of hydrogen-bond donors (Lipinski definition) is 0. The van der Waals surface area contributed by atoms with E-state index in [-0.39, 0.29) is 11.6 Å². The first-order chi connectivity index (χ1) is 13.6. The van der Waals surface area contributed by atoms with E-state index in [2.05, 4.69) is 13.8 Å². The average molecular weight is 364 g/mol. The summed E-state index contributed by atoms with van der Waals surface area (Å²) < 4.78 is 0. The van der Waals surface area contributed by atoms with Crippen molar-refractivity contribution in [1.82, 2.24) is 0 Å². The number of ketones is 2. The summed E-state index contributed by atoms with van der Waals surface area (Å²) in [4.78, 5) is 25.9. The van der Waals surface area contributed by atoms with Gasteiger partial charge in [-0.05, 0) is 57.7 Å². The molecule has 2 aliphatic rings. The molecule has 0 fully saturated rings. The monoisotopic (exact) mass is 364 g/mol. The molecular formula is C26H20O2. The third-order valence-electron chi connectivity index (χ3n) is 6.12. The minimum atomic E-state index is 0.170. The van der Waals surface area contributed by atoms with E-state index < -0.39 is 0 Å². The zero-order valence-electron chi connectivity index (χ0n) is 16.0. The van der Waals surface area contributed by atoms with E-state index in [1.54, 1.807) is 0 Å². The second kappa shape index (κ2) is 6.13. The van der Waals surface area contributed by atoms with Gasteiger partial charge in [0.05, 0.1) is 0 Å². The van der Waals surface area contributed by atoms with Gasteiger partial charge < -0.3 is 0 Å². The highest BCUT2D eigenvalue weighted by Gasteiger charge is 2.31. The van der Waals surface area contributed by atoms with Crippen LogP contribution in [-0.2, 0) is 22.4 Å². The molecule has 0 aliphatic heterocycles. The van der Waals surface area contributed by atoms with Gasteiger partial charge in [0.1, 0.15) is 0 Å². The van der Waals surface area contributed by atoms with Gasteiger partial charge in [-0.3, -0.25) is 9.59 Å². The summed E-state index contributed by atoms with van der Waals surface area (Å²) >= 11 is 0. The van der Waals surface area contributed by atoms with Gasteiger partial charge in [-0.15, -0.1) is 0 Å². The molecule has 0 saturated carbocycles. The Hall–Kier alpha value is -3.26. The fourth-order valence-corrected chi connectivity index (χ4v) is 4.85. The van der Waals surface area contributed by atoms with Crippen LogP contribution >= 0.6 is 0 Å². The van der Waals surface area contributed by atoms with Crippen molar-refractivity contribution in [3.63, 3.8) is 0 Å². The Morgan fingerprint density at radius 2 is 0.929 bits per heavy atom. The SMILES string of the molecule is Cc1c2c(c(C)c3c1=C(c1ccccc1)C(=O)C3)=C(c1ccccc1)C(=O)C2. The highest BCUT2D eigenvalue weighted by atomic mass is 16.1. The summed E-state index contributed by atoms with van der Waals surface area (Å²) in [6.07, 6.45) is 0.825. The van der Waals surface area contributed by atoms with Crippen LogP contribution in [0.5, 0.6) is 0 Å². The summed E-state index contributed by atoms with van der Waals surface area (Å²) in [7, 11) is 0. The lowest BCUT2D eigenvalue weighted by Gasteiger charge is -2.10. The number of hydrogen-bond acceptors (Lipinski definition) is 2. The van der Waals surface area contributed by atoms with Crippen molar-refractivity contribution in [2.24, 2.45) is 0 Å². The lowest BCUT2D eigenvalue weighted by atomic mass is 9.93. The first kappa shape index (κ1) is 16.9. The molecule has 0 N–H and O–H groups in total. The van der Waals surface area contributed by atoms with Crippen LogP contribution in [0.15, 0.2) is 60.7 Å². The van der Waals surface area contributed by atoms with Crippen molar-refractivity contribution in [2.45, 2.75) is 26.7 Å². The molecule has 0 heterocycles. The predicted molar refractivity (Wildman–Crippen MR) is 110 cm³/mol. The van der Waals surface area contributed by atoms with E-state index in [1.807, 2.05) is 60.7 Å². The molecule has 28 heavy (non-hydrogen) atoms. The lowest BCUT2D eigenvalue weighted by molar-refractivity contribution is -0.113. The number of carbonyl (C=O) groups excluding carboxylic acids is 2. The van der Waals surface area contributed by atoms with Crippen LogP contribution < -0.4 is 10.4 Å². The van der Waals surface area contributed by atoms with Gasteiger partial charge in [0, 0.05) is 24.0 Å². The highest BCUT2D eigenvalue weighted by molar-refractivity contribution is 6.25. The summed E-state index contributed by atoms with van der Waals surface area (Å²) in [6, 6.07) is 19.8. The smallest absolute Gasteiger partial charge is 0.168 e. The van der Waals surface area contributed by atoms with E-state index >= 15 is 0 Å². The molecule has 0 saturated heterocycles. The number of fused-ring (bicyclic) bond motifs is 2. The molecule has 2 heteroatoms. The number of carbonyl (C=O) groups is 2. The molecule has 0 radical (unpaired) electrons. The quantitative estimate of drug-likeness (QED) is 0.701. The number of benzene rings is 3. The maximum Gasteiger partial charge on any atom is 0.168 e. The van der Waals surface area contributed by atoms with Crippen molar-refractivity contribution in [3.05, 3.63) is 104 Å². The van der Waals surface area contributed by atoms with E-state index in [4.69, 9.17) is 0 Å². The van der Waals surface area contributed by atoms with Gasteiger partial charge in [-0.25, -0.2) is 0 Å². The van der Waals surface area contributed by atoms with E-state index in [0.29, 0.717) is 12.8 Å². The van der Waals surface area contributed by atoms with Gasteiger partial charge in [0.15, 0.2) is 11.6 Å². The number of rotatable bonds is 2. The molecule has 2 nitrogen and oxygen atoms in total. The van der Waals surface area contributed by atoms with Crippen molar-refractivity contribution >= 4 is 22.7 Å². The maximum absolute atomic E-state index is 13.0. The van der Waals surface area contributed by atoms with Crippen LogP contribution in [0, 0.1) is 13.8 Å². The molecule has 0 atom stereocenters. The standard InChI is InChI=1S/C26H20O2/c1-15-19-13-21(27)26(18-11-7-4-8-12-18)24(19)16(2)20-14-22(28)25(23(15)20)17-9-5-3-6-10-17/h3-12H,13-14H2,1-2H3. The molecule has 136 valence electrons. The molecule has 0 bridgehead atoms. The molecule has 0 spiro atoms. The van der Waals surface area contributed by atoms with Gasteiger partial charge >= 0.3 is 0 Å². The van der Waals surface area contributed by atoms with Crippen LogP contribution in [0.25, 0.3) is 11.1 Å². The second-order valence-electron chi connectivity index (χ2n) is 7.64. The molecule has 0 aromatic heterocycles. The molecule has 2 aliphatic carbocycles. The normalized spacial score (nSPS) is 15.2. The summed E-state index contributed by atoms with van der Waals surface area (Å²) in [5.74, 6) is 0.340. The van der Waals surface area contributed by atoms with Gasteiger partial charge in [0.25, 0.3) is 0 Å². The van der Waals surface area contributed by atoms with Gasteiger partial charge in [-0.2, -0.15) is 0 Å². The number of Topliss-reactive ketones (excluding diaryl/α,β-unsaturated/α-hetero) is 2. The molecule has 0 unspecified atom stereocenters. The Bertz CT molecular complexity index is 1180. The minimum absolute atomic E-state index is 0.170. The fourth-order valence-electron chi connectivity index (χ4n) is 4.85.